The Bertz CT molecular complexity index is 844. The number of rotatable bonds is 2. The van der Waals surface area contributed by atoms with E-state index in [0.29, 0.717) is 23.6 Å². The summed E-state index contributed by atoms with van der Waals surface area (Å²) >= 11 is 1.16. The summed E-state index contributed by atoms with van der Waals surface area (Å²) in [6, 6.07) is 11.2. The highest BCUT2D eigenvalue weighted by Crippen LogP contribution is 2.30. The second-order valence-corrected chi connectivity index (χ2v) is 5.34. The monoisotopic (exact) mass is 297 g/mol. The highest BCUT2D eigenvalue weighted by Gasteiger charge is 2.20. The fraction of sp³-hybridized carbons (Fsp3) is 0.133. The van der Waals surface area contributed by atoms with Crippen LogP contribution >= 0.6 is 11.7 Å². The van der Waals surface area contributed by atoms with Crippen LogP contribution in [0.25, 0.3) is 11.0 Å². The molecule has 3 aromatic rings. The molecule has 1 aliphatic heterocycles. The lowest BCUT2D eigenvalue weighted by atomic mass is 10.1. The van der Waals surface area contributed by atoms with Crippen molar-refractivity contribution in [3.63, 3.8) is 0 Å². The molecule has 1 amide bonds. The third kappa shape index (κ3) is 2.13. The minimum absolute atomic E-state index is 0.170. The molecule has 0 aliphatic carbocycles. The molecule has 0 fully saturated rings. The first-order chi connectivity index (χ1) is 10.3. The SMILES string of the molecule is O=C(Nc1ccc2nsnc2c1)c1cccc2c1OCC2. The molecule has 0 radical (unpaired) electrons. The molecule has 4 rings (SSSR count). The molecule has 0 saturated heterocycles. The molecule has 104 valence electrons. The van der Waals surface area contributed by atoms with Crippen LogP contribution in [-0.2, 0) is 6.42 Å². The van der Waals surface area contributed by atoms with E-state index in [9.17, 15) is 4.79 Å². The molecular weight excluding hydrogens is 286 g/mol. The van der Waals surface area contributed by atoms with Crippen molar-refractivity contribution in [2.24, 2.45) is 0 Å². The van der Waals surface area contributed by atoms with Gasteiger partial charge in [0.15, 0.2) is 0 Å². The van der Waals surface area contributed by atoms with Gasteiger partial charge in [-0.1, -0.05) is 12.1 Å². The zero-order chi connectivity index (χ0) is 14.2. The van der Waals surface area contributed by atoms with Crippen molar-refractivity contribution < 1.29 is 9.53 Å². The Morgan fingerprint density at radius 3 is 3.05 bits per heavy atom. The number of ether oxygens (including phenoxy) is 1. The van der Waals surface area contributed by atoms with Crippen molar-refractivity contribution in [2.45, 2.75) is 6.42 Å². The van der Waals surface area contributed by atoms with Gasteiger partial charge in [0.05, 0.1) is 23.9 Å². The second kappa shape index (κ2) is 4.82. The molecule has 6 heteroatoms. The number of carbonyl (C=O) groups excluding carboxylic acids is 1. The lowest BCUT2D eigenvalue weighted by Crippen LogP contribution is -2.13. The number of hydrogen-bond donors (Lipinski definition) is 1. The topological polar surface area (TPSA) is 64.1 Å². The molecular formula is C15H11N3O2S. The maximum Gasteiger partial charge on any atom is 0.259 e. The van der Waals surface area contributed by atoms with E-state index >= 15 is 0 Å². The minimum atomic E-state index is -0.170. The van der Waals surface area contributed by atoms with Gasteiger partial charge < -0.3 is 10.1 Å². The molecule has 2 aromatic carbocycles. The van der Waals surface area contributed by atoms with Crippen LogP contribution in [0.4, 0.5) is 5.69 Å². The Labute approximate surface area is 124 Å². The van der Waals surface area contributed by atoms with Crippen LogP contribution in [0.2, 0.25) is 0 Å². The van der Waals surface area contributed by atoms with E-state index in [1.165, 1.54) is 0 Å². The number of aromatic nitrogens is 2. The van der Waals surface area contributed by atoms with Crippen molar-refractivity contribution in [3.05, 3.63) is 47.5 Å². The largest absolute Gasteiger partial charge is 0.492 e. The number of fused-ring (bicyclic) bond motifs is 2. The first kappa shape index (κ1) is 12.3. The highest BCUT2D eigenvalue weighted by atomic mass is 32.1. The molecule has 0 unspecified atom stereocenters. The summed E-state index contributed by atoms with van der Waals surface area (Å²) in [4.78, 5) is 12.4. The maximum absolute atomic E-state index is 12.4. The lowest BCUT2D eigenvalue weighted by molar-refractivity contribution is 0.102. The average Bonchev–Trinajstić information content (AvgIpc) is 3.14. The number of hydrogen-bond acceptors (Lipinski definition) is 5. The van der Waals surface area contributed by atoms with E-state index in [1.54, 1.807) is 6.07 Å². The Morgan fingerprint density at radius 2 is 2.10 bits per heavy atom. The van der Waals surface area contributed by atoms with E-state index in [-0.39, 0.29) is 5.91 Å². The van der Waals surface area contributed by atoms with Gasteiger partial charge in [-0.05, 0) is 29.8 Å². The Hall–Kier alpha value is -2.47. The lowest BCUT2D eigenvalue weighted by Gasteiger charge is -2.08. The van der Waals surface area contributed by atoms with E-state index in [4.69, 9.17) is 4.74 Å². The molecule has 0 atom stereocenters. The summed E-state index contributed by atoms with van der Waals surface area (Å²) in [5.74, 6) is 0.530. The molecule has 0 saturated carbocycles. The predicted octanol–water partition coefficient (Wildman–Crippen LogP) is 2.88. The first-order valence-corrected chi connectivity index (χ1v) is 7.33. The molecule has 1 aliphatic rings. The number of benzene rings is 2. The summed E-state index contributed by atoms with van der Waals surface area (Å²) in [6.45, 7) is 0.635. The molecule has 1 aromatic heterocycles. The fourth-order valence-corrected chi connectivity index (χ4v) is 2.97. The van der Waals surface area contributed by atoms with Crippen LogP contribution in [0.15, 0.2) is 36.4 Å². The Balaban J connectivity index is 1.65. The van der Waals surface area contributed by atoms with Gasteiger partial charge in [-0.3, -0.25) is 4.79 Å². The van der Waals surface area contributed by atoms with Gasteiger partial charge in [0.25, 0.3) is 5.91 Å². The number of carbonyl (C=O) groups is 1. The van der Waals surface area contributed by atoms with Crippen LogP contribution in [0.3, 0.4) is 0 Å². The van der Waals surface area contributed by atoms with Crippen LogP contribution < -0.4 is 10.1 Å². The van der Waals surface area contributed by atoms with Crippen molar-refractivity contribution in [1.29, 1.82) is 0 Å². The third-order valence-electron chi connectivity index (χ3n) is 3.47. The zero-order valence-electron chi connectivity index (χ0n) is 11.0. The number of nitrogens with one attached hydrogen (secondary N) is 1. The summed E-state index contributed by atoms with van der Waals surface area (Å²) < 4.78 is 13.9. The van der Waals surface area contributed by atoms with Gasteiger partial charge in [-0.2, -0.15) is 8.75 Å². The van der Waals surface area contributed by atoms with E-state index in [2.05, 4.69) is 14.1 Å². The molecule has 0 spiro atoms. The fourth-order valence-electron chi connectivity index (χ4n) is 2.45. The number of amides is 1. The highest BCUT2D eigenvalue weighted by molar-refractivity contribution is 7.00. The third-order valence-corrected chi connectivity index (χ3v) is 4.03. The van der Waals surface area contributed by atoms with Gasteiger partial charge in [-0.15, -0.1) is 0 Å². The summed E-state index contributed by atoms with van der Waals surface area (Å²) in [7, 11) is 0. The Morgan fingerprint density at radius 1 is 1.19 bits per heavy atom. The minimum Gasteiger partial charge on any atom is -0.492 e. The normalized spacial score (nSPS) is 13.0. The van der Waals surface area contributed by atoms with Crippen molar-refractivity contribution in [3.8, 4) is 5.75 Å². The predicted molar refractivity (Wildman–Crippen MR) is 81.0 cm³/mol. The summed E-state index contributed by atoms with van der Waals surface area (Å²) in [5, 5.41) is 2.89. The molecule has 1 N–H and O–H groups in total. The Kier molecular flexibility index (Phi) is 2.82. The van der Waals surface area contributed by atoms with Gasteiger partial charge in [0.2, 0.25) is 0 Å². The van der Waals surface area contributed by atoms with Crippen molar-refractivity contribution in [1.82, 2.24) is 8.75 Å². The molecule has 5 nitrogen and oxygen atoms in total. The zero-order valence-corrected chi connectivity index (χ0v) is 11.8. The van der Waals surface area contributed by atoms with E-state index in [0.717, 1.165) is 34.7 Å². The van der Waals surface area contributed by atoms with Crippen molar-refractivity contribution in [2.75, 3.05) is 11.9 Å². The van der Waals surface area contributed by atoms with Crippen LogP contribution in [0.5, 0.6) is 5.75 Å². The van der Waals surface area contributed by atoms with E-state index in [1.807, 2.05) is 30.3 Å². The molecule has 2 heterocycles. The van der Waals surface area contributed by atoms with Gasteiger partial charge in [0, 0.05) is 12.1 Å². The van der Waals surface area contributed by atoms with E-state index < -0.39 is 0 Å². The quantitative estimate of drug-likeness (QED) is 0.790. The molecule has 0 bridgehead atoms. The summed E-state index contributed by atoms with van der Waals surface area (Å²) in [5.41, 5.74) is 3.98. The van der Waals surface area contributed by atoms with Gasteiger partial charge in [0.1, 0.15) is 16.8 Å². The first-order valence-electron chi connectivity index (χ1n) is 6.59. The van der Waals surface area contributed by atoms with Gasteiger partial charge >= 0.3 is 0 Å². The van der Waals surface area contributed by atoms with Crippen LogP contribution in [0.1, 0.15) is 15.9 Å². The number of nitrogens with zero attached hydrogens (tertiary/aromatic N) is 2. The smallest absolute Gasteiger partial charge is 0.259 e. The van der Waals surface area contributed by atoms with Crippen LogP contribution in [0, 0.1) is 0 Å². The number of para-hydroxylation sites is 1. The molecule has 21 heavy (non-hydrogen) atoms. The standard InChI is InChI=1S/C15H11N3O2S/c19-15(11-3-1-2-9-6-7-20-14(9)11)16-10-4-5-12-13(8-10)18-21-17-12/h1-5,8H,6-7H2,(H,16,19). The summed E-state index contributed by atoms with van der Waals surface area (Å²) in [6.07, 6.45) is 0.854. The van der Waals surface area contributed by atoms with Crippen LogP contribution in [-0.4, -0.2) is 21.3 Å². The second-order valence-electron chi connectivity index (χ2n) is 4.81. The maximum atomic E-state index is 12.4. The number of anilines is 1. The van der Waals surface area contributed by atoms with Crippen molar-refractivity contribution >= 4 is 34.4 Å². The average molecular weight is 297 g/mol. The van der Waals surface area contributed by atoms with Gasteiger partial charge in [-0.25, -0.2) is 0 Å².